The number of benzene rings is 3. The molecule has 0 spiro atoms. The van der Waals surface area contributed by atoms with Gasteiger partial charge in [0.05, 0.1) is 35.7 Å². The number of carbonyl (C=O) groups is 1. The van der Waals surface area contributed by atoms with E-state index >= 15 is 0 Å². The fourth-order valence-electron chi connectivity index (χ4n) is 3.63. The van der Waals surface area contributed by atoms with E-state index < -0.39 is 38.4 Å². The molecule has 0 heterocycles. The van der Waals surface area contributed by atoms with Gasteiger partial charge in [0.25, 0.3) is 10.0 Å². The number of aryl methyl sites for hydroxylation is 1. The summed E-state index contributed by atoms with van der Waals surface area (Å²) < 4.78 is 62.6. The molecule has 0 aliphatic carbocycles. The Morgan fingerprint density at radius 2 is 1.49 bits per heavy atom. The van der Waals surface area contributed by atoms with Gasteiger partial charge in [-0.15, -0.1) is 0 Å². The maximum absolute atomic E-state index is 13.7. The number of sulfonamides is 1. The van der Waals surface area contributed by atoms with E-state index in [0.29, 0.717) is 11.3 Å². The van der Waals surface area contributed by atoms with E-state index in [4.69, 9.17) is 9.47 Å². The minimum Gasteiger partial charge on any atom is -0.497 e. The number of carbonyl (C=O) groups excluding carboxylic acids is 1. The molecule has 3 aromatic rings. The lowest BCUT2D eigenvalue weighted by molar-refractivity contribution is -0.120. The number of anilines is 1. The van der Waals surface area contributed by atoms with Crippen LogP contribution in [0.3, 0.4) is 0 Å². The van der Waals surface area contributed by atoms with E-state index in [1.54, 1.807) is 43.3 Å². The number of hydrogen-bond donors (Lipinski definition) is 1. The van der Waals surface area contributed by atoms with Crippen molar-refractivity contribution in [1.82, 2.24) is 5.32 Å². The van der Waals surface area contributed by atoms with Crippen LogP contribution in [0.25, 0.3) is 0 Å². The highest BCUT2D eigenvalue weighted by molar-refractivity contribution is 7.93. The fraction of sp³-hybridized carbons (Fsp3) is 0.269. The number of methoxy groups -OCH3 is 2. The van der Waals surface area contributed by atoms with Gasteiger partial charge in [0.2, 0.25) is 5.91 Å². The highest BCUT2D eigenvalue weighted by atomic mass is 32.2. The summed E-state index contributed by atoms with van der Waals surface area (Å²) in [6.45, 7) is 3.03. The predicted octanol–water partition coefficient (Wildman–Crippen LogP) is 3.49. The molecule has 1 amide bonds. The predicted molar refractivity (Wildman–Crippen MR) is 141 cm³/mol. The lowest BCUT2D eigenvalue weighted by Crippen LogP contribution is -2.41. The summed E-state index contributed by atoms with van der Waals surface area (Å²) in [5, 5.41) is 2.79. The van der Waals surface area contributed by atoms with Gasteiger partial charge in [-0.25, -0.2) is 16.8 Å². The van der Waals surface area contributed by atoms with Gasteiger partial charge in [-0.3, -0.25) is 9.10 Å². The molecule has 11 heteroatoms. The first-order valence-corrected chi connectivity index (χ1v) is 14.6. The standard InChI is InChI=1S/C26H30N2O7S2/c1-18-6-11-23(12-7-18)37(32,33)28(24-16-21(34-3)10-15-25(24)35-4)17-26(29)27-19(2)20-8-13-22(14-9-20)36(5,30)31/h6-16,19H,17H2,1-5H3,(H,27,29)/t19-/m0/s1. The summed E-state index contributed by atoms with van der Waals surface area (Å²) in [5.41, 5.74) is 1.69. The number of ether oxygens (including phenoxy) is 2. The maximum Gasteiger partial charge on any atom is 0.264 e. The summed E-state index contributed by atoms with van der Waals surface area (Å²) in [6, 6.07) is 16.6. The third-order valence-corrected chi connectivity index (χ3v) is 8.64. The van der Waals surface area contributed by atoms with Crippen molar-refractivity contribution in [3.63, 3.8) is 0 Å². The molecule has 0 radical (unpaired) electrons. The van der Waals surface area contributed by atoms with Crippen LogP contribution < -0.4 is 19.1 Å². The Bertz CT molecular complexity index is 1470. The summed E-state index contributed by atoms with van der Waals surface area (Å²) in [4.78, 5) is 13.3. The molecule has 0 saturated carbocycles. The molecule has 0 fully saturated rings. The molecule has 3 aromatic carbocycles. The van der Waals surface area contributed by atoms with Crippen LogP contribution in [0, 0.1) is 6.92 Å². The van der Waals surface area contributed by atoms with Crippen LogP contribution >= 0.6 is 0 Å². The Morgan fingerprint density at radius 3 is 2.03 bits per heavy atom. The van der Waals surface area contributed by atoms with Gasteiger partial charge in [0, 0.05) is 12.3 Å². The lowest BCUT2D eigenvalue weighted by Gasteiger charge is -2.27. The van der Waals surface area contributed by atoms with Crippen LogP contribution in [0.1, 0.15) is 24.1 Å². The van der Waals surface area contributed by atoms with E-state index in [-0.39, 0.29) is 21.2 Å². The number of nitrogens with zero attached hydrogens (tertiary/aromatic N) is 1. The van der Waals surface area contributed by atoms with Gasteiger partial charge in [-0.05, 0) is 55.8 Å². The van der Waals surface area contributed by atoms with Crippen LogP contribution in [0.4, 0.5) is 5.69 Å². The second-order valence-corrected chi connectivity index (χ2v) is 12.4. The SMILES string of the molecule is COc1ccc(OC)c(N(CC(=O)N[C@@H](C)c2ccc(S(C)(=O)=O)cc2)S(=O)(=O)c2ccc(C)cc2)c1. The Hall–Kier alpha value is -3.57. The highest BCUT2D eigenvalue weighted by Crippen LogP contribution is 2.35. The lowest BCUT2D eigenvalue weighted by atomic mass is 10.1. The zero-order chi connectivity index (χ0) is 27.4. The fourth-order valence-corrected chi connectivity index (χ4v) is 5.69. The molecule has 3 rings (SSSR count). The van der Waals surface area contributed by atoms with Crippen LogP contribution in [0.5, 0.6) is 11.5 Å². The maximum atomic E-state index is 13.7. The molecule has 1 atom stereocenters. The highest BCUT2D eigenvalue weighted by Gasteiger charge is 2.30. The molecular formula is C26H30N2O7S2. The van der Waals surface area contributed by atoms with E-state index in [0.717, 1.165) is 16.1 Å². The monoisotopic (exact) mass is 546 g/mol. The van der Waals surface area contributed by atoms with Gasteiger partial charge in [-0.2, -0.15) is 0 Å². The summed E-state index contributed by atoms with van der Waals surface area (Å²) in [7, 11) is -4.67. The third-order valence-electron chi connectivity index (χ3n) is 5.74. The third kappa shape index (κ3) is 6.60. The quantitative estimate of drug-likeness (QED) is 0.413. The van der Waals surface area contributed by atoms with Gasteiger partial charge >= 0.3 is 0 Å². The zero-order valence-electron chi connectivity index (χ0n) is 21.3. The van der Waals surface area contributed by atoms with Crippen molar-refractivity contribution in [2.75, 3.05) is 31.3 Å². The number of hydrogen-bond acceptors (Lipinski definition) is 7. The van der Waals surface area contributed by atoms with Gasteiger partial charge < -0.3 is 14.8 Å². The number of amides is 1. The van der Waals surface area contributed by atoms with Crippen molar-refractivity contribution in [3.8, 4) is 11.5 Å². The van der Waals surface area contributed by atoms with Crippen molar-refractivity contribution in [1.29, 1.82) is 0 Å². The number of sulfone groups is 1. The summed E-state index contributed by atoms with van der Waals surface area (Å²) >= 11 is 0. The average Bonchev–Trinajstić information content (AvgIpc) is 2.86. The van der Waals surface area contributed by atoms with Crippen LogP contribution in [0.2, 0.25) is 0 Å². The smallest absolute Gasteiger partial charge is 0.264 e. The van der Waals surface area contributed by atoms with Gasteiger partial charge in [-0.1, -0.05) is 29.8 Å². The van der Waals surface area contributed by atoms with E-state index in [1.165, 1.54) is 44.6 Å². The summed E-state index contributed by atoms with van der Waals surface area (Å²) in [6.07, 6.45) is 1.11. The molecule has 9 nitrogen and oxygen atoms in total. The minimum atomic E-state index is -4.18. The molecule has 0 aliphatic rings. The molecule has 0 bridgehead atoms. The van der Waals surface area contributed by atoms with Gasteiger partial charge in [0.15, 0.2) is 9.84 Å². The largest absolute Gasteiger partial charge is 0.497 e. The molecule has 0 unspecified atom stereocenters. The molecule has 0 saturated heterocycles. The molecule has 0 aliphatic heterocycles. The molecule has 198 valence electrons. The van der Waals surface area contributed by atoms with Crippen molar-refractivity contribution < 1.29 is 31.1 Å². The molecular weight excluding hydrogens is 516 g/mol. The summed E-state index contributed by atoms with van der Waals surface area (Å²) in [5.74, 6) is 0.0635. The zero-order valence-corrected chi connectivity index (χ0v) is 22.9. The molecule has 0 aromatic heterocycles. The topological polar surface area (TPSA) is 119 Å². The Balaban J connectivity index is 1.96. The Morgan fingerprint density at radius 1 is 0.892 bits per heavy atom. The van der Waals surface area contributed by atoms with E-state index in [1.807, 2.05) is 6.92 Å². The van der Waals surface area contributed by atoms with Crippen LogP contribution in [-0.2, 0) is 24.7 Å². The van der Waals surface area contributed by atoms with Crippen molar-refractivity contribution in [3.05, 3.63) is 77.9 Å². The first-order chi connectivity index (χ1) is 17.4. The van der Waals surface area contributed by atoms with Crippen LogP contribution in [-0.4, -0.2) is 49.8 Å². The Kier molecular flexibility index (Phi) is 8.49. The molecule has 37 heavy (non-hydrogen) atoms. The second kappa shape index (κ2) is 11.2. The normalized spacial score (nSPS) is 12.5. The number of nitrogens with one attached hydrogen (secondary N) is 1. The second-order valence-electron chi connectivity index (χ2n) is 8.49. The van der Waals surface area contributed by atoms with E-state index in [9.17, 15) is 21.6 Å². The van der Waals surface area contributed by atoms with E-state index in [2.05, 4.69) is 5.32 Å². The van der Waals surface area contributed by atoms with Crippen molar-refractivity contribution in [2.24, 2.45) is 0 Å². The molecule has 1 N–H and O–H groups in total. The first kappa shape index (κ1) is 28.0. The van der Waals surface area contributed by atoms with Crippen molar-refractivity contribution >= 4 is 31.5 Å². The minimum absolute atomic E-state index is 0.0141. The van der Waals surface area contributed by atoms with Gasteiger partial charge in [0.1, 0.15) is 18.0 Å². The van der Waals surface area contributed by atoms with Crippen molar-refractivity contribution in [2.45, 2.75) is 29.7 Å². The number of rotatable bonds is 10. The Labute approximate surface area is 218 Å². The van der Waals surface area contributed by atoms with Crippen LogP contribution in [0.15, 0.2) is 76.5 Å². The average molecular weight is 547 g/mol. The first-order valence-electron chi connectivity index (χ1n) is 11.3.